The lowest BCUT2D eigenvalue weighted by atomic mass is 10.1. The van der Waals surface area contributed by atoms with Crippen LogP contribution in [-0.2, 0) is 13.1 Å². The summed E-state index contributed by atoms with van der Waals surface area (Å²) >= 11 is 6.09. The summed E-state index contributed by atoms with van der Waals surface area (Å²) in [5.41, 5.74) is 1.06. The molecule has 0 aliphatic rings. The van der Waals surface area contributed by atoms with E-state index in [1.807, 2.05) is 0 Å². The van der Waals surface area contributed by atoms with Gasteiger partial charge in [0.15, 0.2) is 0 Å². The highest BCUT2D eigenvalue weighted by atomic mass is 35.5. The molecule has 0 aliphatic heterocycles. The Hall–Kier alpha value is -1.65. The summed E-state index contributed by atoms with van der Waals surface area (Å²) in [6.45, 7) is 0.608. The quantitative estimate of drug-likeness (QED) is 0.903. The van der Waals surface area contributed by atoms with E-state index in [1.165, 1.54) is 6.07 Å². The van der Waals surface area contributed by atoms with Gasteiger partial charge in [0.1, 0.15) is 17.4 Å². The van der Waals surface area contributed by atoms with E-state index in [0.29, 0.717) is 17.3 Å². The van der Waals surface area contributed by atoms with Crippen molar-refractivity contribution >= 4 is 11.6 Å². The van der Waals surface area contributed by atoms with E-state index in [4.69, 9.17) is 16.3 Å². The van der Waals surface area contributed by atoms with E-state index < -0.39 is 11.6 Å². The normalized spacial score (nSPS) is 10.6. The van der Waals surface area contributed by atoms with Crippen LogP contribution in [0.4, 0.5) is 8.78 Å². The Kier molecular flexibility index (Phi) is 4.93. The van der Waals surface area contributed by atoms with Gasteiger partial charge in [0.25, 0.3) is 0 Å². The average Bonchev–Trinajstić information content (AvgIpc) is 2.44. The minimum Gasteiger partial charge on any atom is -0.496 e. The summed E-state index contributed by atoms with van der Waals surface area (Å²) in [4.78, 5) is 0. The molecule has 0 fully saturated rings. The van der Waals surface area contributed by atoms with Gasteiger partial charge >= 0.3 is 0 Å². The molecular weight excluding hydrogens is 284 g/mol. The molecule has 0 saturated carbocycles. The predicted molar refractivity (Wildman–Crippen MR) is 74.9 cm³/mol. The van der Waals surface area contributed by atoms with Crippen LogP contribution in [0.15, 0.2) is 36.4 Å². The Bertz CT molecular complexity index is 604. The average molecular weight is 298 g/mol. The van der Waals surface area contributed by atoms with Crippen molar-refractivity contribution in [3.05, 3.63) is 64.2 Å². The molecule has 0 spiro atoms. The highest BCUT2D eigenvalue weighted by Crippen LogP contribution is 2.26. The number of halogens is 3. The van der Waals surface area contributed by atoms with Crippen LogP contribution < -0.4 is 10.1 Å². The van der Waals surface area contributed by atoms with Gasteiger partial charge in [-0.25, -0.2) is 8.78 Å². The first-order chi connectivity index (χ1) is 9.61. The summed E-state index contributed by atoms with van der Waals surface area (Å²) in [5.74, 6) is -0.242. The van der Waals surface area contributed by atoms with E-state index in [9.17, 15) is 8.78 Å². The number of benzene rings is 2. The fourth-order valence-corrected chi connectivity index (χ4v) is 2.14. The number of hydrogen-bond donors (Lipinski definition) is 1. The molecule has 0 radical (unpaired) electrons. The van der Waals surface area contributed by atoms with Gasteiger partial charge in [-0.15, -0.1) is 0 Å². The minimum absolute atomic E-state index is 0.206. The molecule has 0 saturated heterocycles. The van der Waals surface area contributed by atoms with Crippen LogP contribution in [0.1, 0.15) is 11.1 Å². The van der Waals surface area contributed by atoms with Crippen LogP contribution in [0.25, 0.3) is 0 Å². The summed E-state index contributed by atoms with van der Waals surface area (Å²) < 4.78 is 31.7. The molecule has 5 heteroatoms. The first kappa shape index (κ1) is 14.8. The van der Waals surface area contributed by atoms with Gasteiger partial charge in [-0.1, -0.05) is 17.7 Å². The lowest BCUT2D eigenvalue weighted by Gasteiger charge is -2.11. The van der Waals surface area contributed by atoms with Gasteiger partial charge in [0, 0.05) is 29.2 Å². The Morgan fingerprint density at radius 2 is 1.95 bits per heavy atom. The minimum atomic E-state index is -0.460. The smallest absolute Gasteiger partial charge is 0.127 e. The topological polar surface area (TPSA) is 21.3 Å². The molecule has 0 aliphatic carbocycles. The van der Waals surface area contributed by atoms with Crippen LogP contribution in [-0.4, -0.2) is 7.11 Å². The summed E-state index contributed by atoms with van der Waals surface area (Å²) in [6, 6.07) is 8.72. The number of rotatable bonds is 5. The number of hydrogen-bond acceptors (Lipinski definition) is 2. The van der Waals surface area contributed by atoms with Crippen molar-refractivity contribution in [3.8, 4) is 5.75 Å². The molecule has 2 rings (SSSR count). The fourth-order valence-electron chi connectivity index (χ4n) is 1.90. The highest BCUT2D eigenvalue weighted by molar-refractivity contribution is 6.31. The Morgan fingerprint density at radius 3 is 2.70 bits per heavy atom. The van der Waals surface area contributed by atoms with Crippen LogP contribution in [0.5, 0.6) is 5.75 Å². The molecule has 2 aromatic rings. The molecule has 0 bridgehead atoms. The van der Waals surface area contributed by atoms with E-state index >= 15 is 0 Å². The fraction of sp³-hybridized carbons (Fsp3) is 0.200. The summed E-state index contributed by atoms with van der Waals surface area (Å²) in [7, 11) is 1.56. The van der Waals surface area contributed by atoms with Crippen LogP contribution in [0, 0.1) is 11.6 Å². The van der Waals surface area contributed by atoms with E-state index in [2.05, 4.69) is 5.32 Å². The molecule has 106 valence electrons. The number of ether oxygens (including phenoxy) is 1. The Labute approximate surface area is 121 Å². The van der Waals surface area contributed by atoms with Crippen molar-refractivity contribution in [3.63, 3.8) is 0 Å². The van der Waals surface area contributed by atoms with Crippen molar-refractivity contribution in [2.45, 2.75) is 13.1 Å². The molecule has 0 atom stereocenters. The zero-order valence-corrected chi connectivity index (χ0v) is 11.7. The van der Waals surface area contributed by atoms with Gasteiger partial charge < -0.3 is 10.1 Å². The summed E-state index contributed by atoms with van der Waals surface area (Å²) in [5, 5.41) is 3.60. The SMILES string of the molecule is COc1cccc(Cl)c1CNCc1cc(F)ccc1F. The lowest BCUT2D eigenvalue weighted by Crippen LogP contribution is -2.15. The molecule has 2 nitrogen and oxygen atoms in total. The third-order valence-corrected chi connectivity index (χ3v) is 3.27. The zero-order valence-electron chi connectivity index (χ0n) is 10.9. The number of methoxy groups -OCH3 is 1. The predicted octanol–water partition coefficient (Wildman–Crippen LogP) is 3.92. The van der Waals surface area contributed by atoms with Gasteiger partial charge in [-0.2, -0.15) is 0 Å². The van der Waals surface area contributed by atoms with Crippen LogP contribution in [0.3, 0.4) is 0 Å². The maximum atomic E-state index is 13.5. The maximum absolute atomic E-state index is 13.5. The molecule has 20 heavy (non-hydrogen) atoms. The van der Waals surface area contributed by atoms with Crippen molar-refractivity contribution < 1.29 is 13.5 Å². The molecule has 0 unspecified atom stereocenters. The van der Waals surface area contributed by atoms with Crippen molar-refractivity contribution in [2.75, 3.05) is 7.11 Å². The van der Waals surface area contributed by atoms with Gasteiger partial charge in [-0.05, 0) is 30.3 Å². The Morgan fingerprint density at radius 1 is 1.15 bits per heavy atom. The van der Waals surface area contributed by atoms with Crippen LogP contribution >= 0.6 is 11.6 Å². The van der Waals surface area contributed by atoms with Gasteiger partial charge in [0.2, 0.25) is 0 Å². The lowest BCUT2D eigenvalue weighted by molar-refractivity contribution is 0.407. The molecule has 2 aromatic carbocycles. The summed E-state index contributed by atoms with van der Waals surface area (Å²) in [6.07, 6.45) is 0. The second-order valence-corrected chi connectivity index (χ2v) is 4.67. The third-order valence-electron chi connectivity index (χ3n) is 2.92. The highest BCUT2D eigenvalue weighted by Gasteiger charge is 2.08. The molecular formula is C15H14ClF2NO. The Balaban J connectivity index is 2.05. The van der Waals surface area contributed by atoms with Gasteiger partial charge in [0.05, 0.1) is 7.11 Å². The third kappa shape index (κ3) is 3.46. The van der Waals surface area contributed by atoms with Crippen molar-refractivity contribution in [1.29, 1.82) is 0 Å². The van der Waals surface area contributed by atoms with E-state index in [0.717, 1.165) is 17.7 Å². The molecule has 1 N–H and O–H groups in total. The second kappa shape index (κ2) is 6.68. The monoisotopic (exact) mass is 297 g/mol. The van der Waals surface area contributed by atoms with Crippen molar-refractivity contribution in [2.24, 2.45) is 0 Å². The van der Waals surface area contributed by atoms with Gasteiger partial charge in [-0.3, -0.25) is 0 Å². The first-order valence-corrected chi connectivity index (χ1v) is 6.45. The molecule has 0 heterocycles. The molecule has 0 amide bonds. The van der Waals surface area contributed by atoms with E-state index in [1.54, 1.807) is 25.3 Å². The largest absolute Gasteiger partial charge is 0.496 e. The second-order valence-electron chi connectivity index (χ2n) is 4.26. The van der Waals surface area contributed by atoms with Crippen molar-refractivity contribution in [1.82, 2.24) is 5.32 Å². The number of nitrogens with one attached hydrogen (secondary N) is 1. The van der Waals surface area contributed by atoms with Crippen LogP contribution in [0.2, 0.25) is 5.02 Å². The van der Waals surface area contributed by atoms with E-state index in [-0.39, 0.29) is 12.1 Å². The molecule has 0 aromatic heterocycles. The first-order valence-electron chi connectivity index (χ1n) is 6.08. The maximum Gasteiger partial charge on any atom is 0.127 e. The zero-order chi connectivity index (χ0) is 14.5. The standard InChI is InChI=1S/C15H14ClF2NO/c1-20-15-4-2-3-13(16)12(15)9-19-8-10-7-11(17)5-6-14(10)18/h2-7,19H,8-9H2,1H3.